The largest absolute Gasteiger partial charge is 0.468 e. The summed E-state index contributed by atoms with van der Waals surface area (Å²) in [5, 5.41) is 16.6. The van der Waals surface area contributed by atoms with E-state index < -0.39 is 12.1 Å². The van der Waals surface area contributed by atoms with Crippen molar-refractivity contribution in [3.8, 4) is 0 Å². The van der Waals surface area contributed by atoms with Crippen LogP contribution in [0.1, 0.15) is 23.4 Å². The summed E-state index contributed by atoms with van der Waals surface area (Å²) in [7, 11) is 3.07. The number of aliphatic hydroxyl groups excluding tert-OH is 1. The van der Waals surface area contributed by atoms with E-state index in [-0.39, 0.29) is 5.97 Å². The molecular weight excluding hydrogens is 198 g/mol. The van der Waals surface area contributed by atoms with Crippen LogP contribution in [-0.4, -0.2) is 34.5 Å². The molecule has 0 aromatic carbocycles. The van der Waals surface area contributed by atoms with Gasteiger partial charge in [0.05, 0.1) is 25.1 Å². The van der Waals surface area contributed by atoms with E-state index in [0.717, 1.165) is 0 Å². The number of methoxy groups -OCH3 is 1. The Bertz CT molecular complexity index is 388. The van der Waals surface area contributed by atoms with Crippen molar-refractivity contribution in [2.75, 3.05) is 13.7 Å². The van der Waals surface area contributed by atoms with Crippen LogP contribution in [0.15, 0.2) is 6.20 Å². The monoisotopic (exact) mass is 211 g/mol. The summed E-state index contributed by atoms with van der Waals surface area (Å²) in [6, 6.07) is -0.541. The fourth-order valence-corrected chi connectivity index (χ4v) is 1.82. The number of nitrogens with zero attached hydrogens (tertiary/aromatic N) is 2. The lowest BCUT2D eigenvalue weighted by molar-refractivity contribution is -0.144. The Kier molecular flexibility index (Phi) is 2.45. The molecule has 0 amide bonds. The standard InChI is InChI=1S/C9H13N3O3/c1-12-8-5(3-11-12)6(13)4-10-7(8)9(14)15-2/h3,6-7,10,13H,4H2,1-2H3. The summed E-state index contributed by atoms with van der Waals surface area (Å²) in [6.45, 7) is 0.332. The van der Waals surface area contributed by atoms with Crippen LogP contribution in [0.3, 0.4) is 0 Å². The number of fused-ring (bicyclic) bond motifs is 1. The summed E-state index contributed by atoms with van der Waals surface area (Å²) in [6.07, 6.45) is 0.964. The molecule has 0 saturated heterocycles. The summed E-state index contributed by atoms with van der Waals surface area (Å²) >= 11 is 0. The molecule has 82 valence electrons. The smallest absolute Gasteiger partial charge is 0.329 e. The second kappa shape index (κ2) is 3.63. The Labute approximate surface area is 86.8 Å². The Morgan fingerprint density at radius 2 is 2.53 bits per heavy atom. The first-order valence-electron chi connectivity index (χ1n) is 4.66. The fourth-order valence-electron chi connectivity index (χ4n) is 1.82. The SMILES string of the molecule is COC(=O)C1NCC(O)c2cnn(C)c21. The second-order valence-electron chi connectivity index (χ2n) is 3.49. The third kappa shape index (κ3) is 1.51. The first kappa shape index (κ1) is 10.1. The van der Waals surface area contributed by atoms with E-state index in [1.165, 1.54) is 7.11 Å². The summed E-state index contributed by atoms with van der Waals surface area (Å²) in [5.41, 5.74) is 1.35. The minimum absolute atomic E-state index is 0.332. The van der Waals surface area contributed by atoms with Gasteiger partial charge < -0.3 is 9.84 Å². The molecule has 1 aromatic heterocycles. The maximum Gasteiger partial charge on any atom is 0.329 e. The molecule has 0 bridgehead atoms. The maximum atomic E-state index is 11.5. The number of carbonyl (C=O) groups excluding carboxylic acids is 1. The van der Waals surface area contributed by atoms with Crippen LogP contribution < -0.4 is 5.32 Å². The summed E-state index contributed by atoms with van der Waals surface area (Å²) in [5.74, 6) is -0.369. The molecule has 0 spiro atoms. The third-order valence-corrected chi connectivity index (χ3v) is 2.60. The minimum Gasteiger partial charge on any atom is -0.468 e. The summed E-state index contributed by atoms with van der Waals surface area (Å²) in [4.78, 5) is 11.5. The Morgan fingerprint density at radius 1 is 1.80 bits per heavy atom. The minimum atomic E-state index is -0.616. The zero-order valence-corrected chi connectivity index (χ0v) is 8.60. The number of hydrogen-bond donors (Lipinski definition) is 2. The van der Waals surface area contributed by atoms with Crippen LogP contribution in [0, 0.1) is 0 Å². The van der Waals surface area contributed by atoms with Gasteiger partial charge in [-0.3, -0.25) is 10.00 Å². The van der Waals surface area contributed by atoms with Gasteiger partial charge in [0.25, 0.3) is 0 Å². The fraction of sp³-hybridized carbons (Fsp3) is 0.556. The third-order valence-electron chi connectivity index (χ3n) is 2.60. The number of aryl methyl sites for hydroxylation is 1. The molecule has 0 fully saturated rings. The quantitative estimate of drug-likeness (QED) is 0.599. The van der Waals surface area contributed by atoms with Crippen LogP contribution in [-0.2, 0) is 16.6 Å². The van der Waals surface area contributed by atoms with E-state index in [9.17, 15) is 9.90 Å². The van der Waals surface area contributed by atoms with Gasteiger partial charge >= 0.3 is 5.97 Å². The molecule has 2 unspecified atom stereocenters. The Balaban J connectivity index is 2.43. The van der Waals surface area contributed by atoms with Crippen molar-refractivity contribution in [1.82, 2.24) is 15.1 Å². The summed E-state index contributed by atoms with van der Waals surface area (Å²) < 4.78 is 6.26. The number of β-amino-alcohol motifs (C(OH)–C–C–N with tert-alkyl or cyclic N) is 1. The first-order valence-corrected chi connectivity index (χ1v) is 4.66. The van der Waals surface area contributed by atoms with Crippen molar-refractivity contribution < 1.29 is 14.6 Å². The lowest BCUT2D eigenvalue weighted by Gasteiger charge is -2.26. The van der Waals surface area contributed by atoms with Gasteiger partial charge in [-0.05, 0) is 0 Å². The number of aliphatic hydroxyl groups is 1. The van der Waals surface area contributed by atoms with Crippen molar-refractivity contribution in [2.24, 2.45) is 7.05 Å². The molecule has 2 heterocycles. The van der Waals surface area contributed by atoms with Gasteiger partial charge in [0.2, 0.25) is 0 Å². The Morgan fingerprint density at radius 3 is 3.20 bits per heavy atom. The topological polar surface area (TPSA) is 76.4 Å². The molecular formula is C9H13N3O3. The lowest BCUT2D eigenvalue weighted by atomic mass is 10.00. The zero-order valence-electron chi connectivity index (χ0n) is 8.60. The number of aromatic nitrogens is 2. The van der Waals surface area contributed by atoms with E-state index in [1.807, 2.05) is 0 Å². The van der Waals surface area contributed by atoms with Crippen molar-refractivity contribution in [3.05, 3.63) is 17.5 Å². The lowest BCUT2D eigenvalue weighted by Crippen LogP contribution is -2.38. The van der Waals surface area contributed by atoms with E-state index in [1.54, 1.807) is 17.9 Å². The van der Waals surface area contributed by atoms with Gasteiger partial charge in [-0.2, -0.15) is 5.10 Å². The first-order chi connectivity index (χ1) is 7.15. The van der Waals surface area contributed by atoms with Crippen LogP contribution >= 0.6 is 0 Å². The van der Waals surface area contributed by atoms with Crippen LogP contribution in [0.25, 0.3) is 0 Å². The number of hydrogen-bond acceptors (Lipinski definition) is 5. The molecule has 2 rings (SSSR count). The van der Waals surface area contributed by atoms with Crippen LogP contribution in [0.2, 0.25) is 0 Å². The van der Waals surface area contributed by atoms with Gasteiger partial charge in [0, 0.05) is 19.2 Å². The number of ether oxygens (including phenoxy) is 1. The maximum absolute atomic E-state index is 11.5. The molecule has 15 heavy (non-hydrogen) atoms. The van der Waals surface area contributed by atoms with Crippen molar-refractivity contribution in [1.29, 1.82) is 0 Å². The molecule has 0 radical (unpaired) electrons. The average Bonchev–Trinajstić information content (AvgIpc) is 2.62. The van der Waals surface area contributed by atoms with E-state index >= 15 is 0 Å². The van der Waals surface area contributed by atoms with Gasteiger partial charge in [-0.1, -0.05) is 0 Å². The molecule has 6 heteroatoms. The highest BCUT2D eigenvalue weighted by molar-refractivity contribution is 5.77. The zero-order chi connectivity index (χ0) is 11.0. The molecule has 1 aliphatic rings. The van der Waals surface area contributed by atoms with E-state index in [0.29, 0.717) is 17.8 Å². The van der Waals surface area contributed by atoms with E-state index in [4.69, 9.17) is 0 Å². The highest BCUT2D eigenvalue weighted by atomic mass is 16.5. The highest BCUT2D eigenvalue weighted by Crippen LogP contribution is 2.28. The second-order valence-corrected chi connectivity index (χ2v) is 3.49. The van der Waals surface area contributed by atoms with Crippen LogP contribution in [0.5, 0.6) is 0 Å². The molecule has 6 nitrogen and oxygen atoms in total. The Hall–Kier alpha value is -1.40. The molecule has 1 aromatic rings. The molecule has 1 aliphatic heterocycles. The normalized spacial score (nSPS) is 24.7. The predicted molar refractivity (Wildman–Crippen MR) is 50.9 cm³/mol. The van der Waals surface area contributed by atoms with Gasteiger partial charge in [0.15, 0.2) is 0 Å². The number of rotatable bonds is 1. The molecule has 0 saturated carbocycles. The molecule has 0 aliphatic carbocycles. The van der Waals surface area contributed by atoms with E-state index in [2.05, 4.69) is 15.2 Å². The average molecular weight is 211 g/mol. The van der Waals surface area contributed by atoms with Crippen molar-refractivity contribution in [3.63, 3.8) is 0 Å². The number of carbonyl (C=O) groups is 1. The van der Waals surface area contributed by atoms with Crippen molar-refractivity contribution in [2.45, 2.75) is 12.1 Å². The highest BCUT2D eigenvalue weighted by Gasteiger charge is 2.34. The van der Waals surface area contributed by atoms with Crippen LogP contribution in [0.4, 0.5) is 0 Å². The predicted octanol–water partition coefficient (Wildman–Crippen LogP) is -0.729. The van der Waals surface area contributed by atoms with Gasteiger partial charge in [-0.25, -0.2) is 4.79 Å². The number of esters is 1. The van der Waals surface area contributed by atoms with Crippen molar-refractivity contribution >= 4 is 5.97 Å². The molecule has 2 N–H and O–H groups in total. The molecule has 2 atom stereocenters. The van der Waals surface area contributed by atoms with Gasteiger partial charge in [-0.15, -0.1) is 0 Å². The number of nitrogens with one attached hydrogen (secondary N) is 1. The van der Waals surface area contributed by atoms with Gasteiger partial charge in [0.1, 0.15) is 6.04 Å².